The van der Waals surface area contributed by atoms with Gasteiger partial charge >= 0.3 is 0 Å². The molecular weight excluding hydrogens is 368 g/mol. The van der Waals surface area contributed by atoms with Crippen molar-refractivity contribution in [1.82, 2.24) is 9.55 Å². The minimum atomic E-state index is -0.181. The van der Waals surface area contributed by atoms with E-state index in [1.165, 1.54) is 27.8 Å². The average molecular weight is 388 g/mol. The van der Waals surface area contributed by atoms with Crippen LogP contribution in [0.5, 0.6) is 0 Å². The minimum absolute atomic E-state index is 0.00852. The first-order chi connectivity index (χ1) is 13.7. The van der Waals surface area contributed by atoms with E-state index in [0.717, 1.165) is 23.3 Å². The highest BCUT2D eigenvalue weighted by Gasteiger charge is 2.13. The zero-order valence-electron chi connectivity index (χ0n) is 15.6. The smallest absolute Gasteiger partial charge is 0.262 e. The zero-order chi connectivity index (χ0) is 19.5. The van der Waals surface area contributed by atoms with Gasteiger partial charge in [0.2, 0.25) is 0 Å². The summed E-state index contributed by atoms with van der Waals surface area (Å²) in [5.74, 6) is -0.0928. The van der Waals surface area contributed by atoms with Crippen LogP contribution in [-0.4, -0.2) is 15.3 Å². The number of hydrogen-bond acceptors (Lipinski definition) is 4. The average Bonchev–Trinajstić information content (AvgIpc) is 3.17. The molecule has 0 aliphatic heterocycles. The lowest BCUT2D eigenvalue weighted by atomic mass is 10.1. The monoisotopic (exact) mass is 388 g/mol. The second-order valence-corrected chi connectivity index (χ2v) is 7.77. The van der Waals surface area contributed by atoms with Crippen LogP contribution in [0, 0.1) is 0 Å². The molecule has 0 N–H and O–H groups in total. The SMILES string of the molecule is CCCc1ccc(C(=O)Cn2cnc3sc(-c4ccccc4)cc3c2=O)cc1. The summed E-state index contributed by atoms with van der Waals surface area (Å²) in [6.45, 7) is 2.12. The number of fused-ring (bicyclic) bond motifs is 1. The molecule has 2 aromatic heterocycles. The Morgan fingerprint density at radius 1 is 1.07 bits per heavy atom. The molecule has 4 aromatic rings. The van der Waals surface area contributed by atoms with Crippen LogP contribution in [0.25, 0.3) is 20.7 Å². The molecule has 5 heteroatoms. The number of thiophene rings is 1. The van der Waals surface area contributed by atoms with Crippen LogP contribution < -0.4 is 5.56 Å². The third kappa shape index (κ3) is 3.66. The molecule has 0 radical (unpaired) electrons. The molecule has 0 saturated carbocycles. The van der Waals surface area contributed by atoms with Gasteiger partial charge in [0.25, 0.3) is 5.56 Å². The molecule has 0 bridgehead atoms. The van der Waals surface area contributed by atoms with Crippen LogP contribution in [0.3, 0.4) is 0 Å². The zero-order valence-corrected chi connectivity index (χ0v) is 16.4. The number of carbonyl (C=O) groups is 1. The van der Waals surface area contributed by atoms with Gasteiger partial charge in [-0.15, -0.1) is 11.3 Å². The van der Waals surface area contributed by atoms with E-state index in [0.29, 0.717) is 15.8 Å². The number of ketones is 1. The second-order valence-electron chi connectivity index (χ2n) is 6.74. The first kappa shape index (κ1) is 18.3. The number of hydrogen-bond donors (Lipinski definition) is 0. The maximum Gasteiger partial charge on any atom is 0.262 e. The summed E-state index contributed by atoms with van der Waals surface area (Å²) < 4.78 is 1.39. The molecule has 0 saturated heterocycles. The quantitative estimate of drug-likeness (QED) is 0.439. The number of Topliss-reactive ketones (excluding diaryl/α,β-unsaturated/α-hetero) is 1. The number of aryl methyl sites for hydroxylation is 1. The molecule has 4 rings (SSSR count). The van der Waals surface area contributed by atoms with Gasteiger partial charge in [0.1, 0.15) is 4.83 Å². The van der Waals surface area contributed by atoms with Crippen molar-refractivity contribution in [1.29, 1.82) is 0 Å². The number of rotatable bonds is 6. The van der Waals surface area contributed by atoms with E-state index < -0.39 is 0 Å². The molecule has 140 valence electrons. The van der Waals surface area contributed by atoms with Crippen LogP contribution in [0.4, 0.5) is 0 Å². The largest absolute Gasteiger partial charge is 0.292 e. The predicted octanol–water partition coefficient (Wildman–Crippen LogP) is 4.96. The molecule has 0 atom stereocenters. The molecule has 0 spiro atoms. The second kappa shape index (κ2) is 7.90. The summed E-state index contributed by atoms with van der Waals surface area (Å²) in [6, 6.07) is 19.4. The Kier molecular flexibility index (Phi) is 5.17. The fraction of sp³-hybridized carbons (Fsp3) is 0.174. The van der Waals surface area contributed by atoms with E-state index in [9.17, 15) is 9.59 Å². The molecule has 0 fully saturated rings. The van der Waals surface area contributed by atoms with Crippen LogP contribution in [-0.2, 0) is 13.0 Å². The highest BCUT2D eigenvalue weighted by molar-refractivity contribution is 7.21. The van der Waals surface area contributed by atoms with E-state index in [1.807, 2.05) is 60.7 Å². The van der Waals surface area contributed by atoms with E-state index in [4.69, 9.17) is 0 Å². The van der Waals surface area contributed by atoms with Crippen LogP contribution in [0.15, 0.2) is 71.8 Å². The van der Waals surface area contributed by atoms with Crippen molar-refractivity contribution in [3.8, 4) is 10.4 Å². The first-order valence-electron chi connectivity index (χ1n) is 9.32. The summed E-state index contributed by atoms with van der Waals surface area (Å²) >= 11 is 1.49. The van der Waals surface area contributed by atoms with Crippen LogP contribution >= 0.6 is 11.3 Å². The van der Waals surface area contributed by atoms with E-state index in [2.05, 4.69) is 11.9 Å². The van der Waals surface area contributed by atoms with Gasteiger partial charge in [0.05, 0.1) is 18.3 Å². The lowest BCUT2D eigenvalue weighted by molar-refractivity contribution is 0.0970. The number of aromatic nitrogens is 2. The molecule has 4 nitrogen and oxygen atoms in total. The Morgan fingerprint density at radius 3 is 2.54 bits per heavy atom. The van der Waals surface area contributed by atoms with Crippen molar-refractivity contribution in [2.45, 2.75) is 26.3 Å². The van der Waals surface area contributed by atoms with Gasteiger partial charge in [-0.1, -0.05) is 67.9 Å². The Labute approximate surface area is 167 Å². The van der Waals surface area contributed by atoms with Crippen molar-refractivity contribution < 1.29 is 4.79 Å². The molecule has 2 heterocycles. The normalized spacial score (nSPS) is 11.0. The molecule has 0 aliphatic rings. The van der Waals surface area contributed by atoms with Gasteiger partial charge in [0, 0.05) is 10.4 Å². The highest BCUT2D eigenvalue weighted by atomic mass is 32.1. The minimum Gasteiger partial charge on any atom is -0.292 e. The summed E-state index contributed by atoms with van der Waals surface area (Å²) in [5.41, 5.74) is 2.70. The Morgan fingerprint density at radius 2 is 1.82 bits per heavy atom. The van der Waals surface area contributed by atoms with Gasteiger partial charge in [-0.2, -0.15) is 0 Å². The Bertz CT molecular complexity index is 1170. The molecule has 0 aliphatic carbocycles. The maximum atomic E-state index is 12.9. The van der Waals surface area contributed by atoms with E-state index in [1.54, 1.807) is 0 Å². The van der Waals surface area contributed by atoms with Crippen molar-refractivity contribution in [2.75, 3.05) is 0 Å². The summed E-state index contributed by atoms with van der Waals surface area (Å²) in [5, 5.41) is 0.553. The fourth-order valence-corrected chi connectivity index (χ4v) is 4.20. The van der Waals surface area contributed by atoms with E-state index >= 15 is 0 Å². The molecular formula is C23H20N2O2S. The van der Waals surface area contributed by atoms with Gasteiger partial charge in [-0.05, 0) is 23.6 Å². The summed E-state index contributed by atoms with van der Waals surface area (Å²) in [4.78, 5) is 31.6. The number of nitrogens with zero attached hydrogens (tertiary/aromatic N) is 2. The third-order valence-electron chi connectivity index (χ3n) is 4.70. The molecule has 0 unspecified atom stereocenters. The lowest BCUT2D eigenvalue weighted by Crippen LogP contribution is -2.24. The van der Waals surface area contributed by atoms with Crippen LogP contribution in [0.1, 0.15) is 29.3 Å². The Hall–Kier alpha value is -3.05. The third-order valence-corrected chi connectivity index (χ3v) is 5.80. The summed E-state index contributed by atoms with van der Waals surface area (Å²) in [7, 11) is 0. The lowest BCUT2D eigenvalue weighted by Gasteiger charge is -2.05. The van der Waals surface area contributed by atoms with Gasteiger partial charge in [-0.25, -0.2) is 4.98 Å². The van der Waals surface area contributed by atoms with Crippen LogP contribution in [0.2, 0.25) is 0 Å². The molecule has 0 amide bonds. The van der Waals surface area contributed by atoms with Gasteiger partial charge in [0.15, 0.2) is 5.78 Å². The van der Waals surface area contributed by atoms with Gasteiger partial charge < -0.3 is 0 Å². The molecule has 28 heavy (non-hydrogen) atoms. The van der Waals surface area contributed by atoms with Crippen molar-refractivity contribution >= 4 is 27.3 Å². The first-order valence-corrected chi connectivity index (χ1v) is 10.1. The highest BCUT2D eigenvalue weighted by Crippen LogP contribution is 2.30. The fourth-order valence-electron chi connectivity index (χ4n) is 3.21. The topological polar surface area (TPSA) is 52.0 Å². The number of benzene rings is 2. The predicted molar refractivity (Wildman–Crippen MR) is 114 cm³/mol. The van der Waals surface area contributed by atoms with Crippen molar-refractivity contribution in [2.24, 2.45) is 0 Å². The van der Waals surface area contributed by atoms with Crippen molar-refractivity contribution in [3.63, 3.8) is 0 Å². The van der Waals surface area contributed by atoms with E-state index in [-0.39, 0.29) is 17.9 Å². The Balaban J connectivity index is 1.61. The number of carbonyl (C=O) groups excluding carboxylic acids is 1. The molecule has 2 aromatic carbocycles. The standard InChI is InChI=1S/C23H20N2O2S/c1-2-6-16-9-11-17(12-10-16)20(26)14-25-15-24-22-19(23(25)27)13-21(28-22)18-7-4-3-5-8-18/h3-5,7-13,15H,2,6,14H2,1H3. The maximum absolute atomic E-state index is 12.9. The van der Waals surface area contributed by atoms with Crippen molar-refractivity contribution in [3.05, 3.63) is 88.5 Å². The van der Waals surface area contributed by atoms with Gasteiger partial charge in [-0.3, -0.25) is 14.2 Å². The summed E-state index contributed by atoms with van der Waals surface area (Å²) in [6.07, 6.45) is 3.54.